The Bertz CT molecular complexity index is 434. The van der Waals surface area contributed by atoms with E-state index >= 15 is 0 Å². The summed E-state index contributed by atoms with van der Waals surface area (Å²) in [6.07, 6.45) is 4.69. The van der Waals surface area contributed by atoms with E-state index in [2.05, 4.69) is 0 Å². The van der Waals surface area contributed by atoms with Gasteiger partial charge < -0.3 is 0 Å². The molecule has 0 aromatic heterocycles. The summed E-state index contributed by atoms with van der Waals surface area (Å²) in [5, 5.41) is 0. The van der Waals surface area contributed by atoms with Gasteiger partial charge in [-0.25, -0.2) is 8.78 Å². The van der Waals surface area contributed by atoms with Crippen molar-refractivity contribution in [2.75, 3.05) is 0 Å². The molecule has 1 fully saturated rings. The number of hydrogen-bond acceptors (Lipinski definition) is 1. The maximum Gasteiger partial charge on any atom is 0.169 e. The van der Waals surface area contributed by atoms with Crippen LogP contribution in [-0.4, -0.2) is 5.78 Å². The van der Waals surface area contributed by atoms with Crippen molar-refractivity contribution in [2.24, 2.45) is 5.92 Å². The number of benzene rings is 1. The molecule has 0 N–H and O–H groups in total. The van der Waals surface area contributed by atoms with Crippen LogP contribution in [0.5, 0.6) is 0 Å². The highest BCUT2D eigenvalue weighted by Crippen LogP contribution is 2.29. The normalized spacial score (nSPS) is 16.4. The van der Waals surface area contributed by atoms with Crippen LogP contribution in [0.3, 0.4) is 0 Å². The van der Waals surface area contributed by atoms with Gasteiger partial charge in [-0.1, -0.05) is 31.7 Å². The molecule has 92 valence electrons. The summed E-state index contributed by atoms with van der Waals surface area (Å²) >= 11 is 0. The van der Waals surface area contributed by atoms with E-state index in [9.17, 15) is 13.6 Å². The third kappa shape index (κ3) is 2.54. The molecule has 0 aliphatic heterocycles. The summed E-state index contributed by atoms with van der Waals surface area (Å²) < 4.78 is 26.9. The molecule has 0 radical (unpaired) electrons. The molecule has 0 amide bonds. The molecule has 3 heteroatoms. The van der Waals surface area contributed by atoms with Gasteiger partial charge in [0.1, 0.15) is 0 Å². The van der Waals surface area contributed by atoms with Crippen LogP contribution in [0.15, 0.2) is 12.1 Å². The molecule has 0 bridgehead atoms. The first kappa shape index (κ1) is 12.2. The van der Waals surface area contributed by atoms with Crippen molar-refractivity contribution in [1.29, 1.82) is 0 Å². The summed E-state index contributed by atoms with van der Waals surface area (Å²) in [6, 6.07) is 2.85. The lowest BCUT2D eigenvalue weighted by Gasteiger charge is -2.09. The van der Waals surface area contributed by atoms with Crippen molar-refractivity contribution in [3.8, 4) is 0 Å². The van der Waals surface area contributed by atoms with Crippen molar-refractivity contribution in [3.63, 3.8) is 0 Å². The van der Waals surface area contributed by atoms with Gasteiger partial charge in [0.05, 0.1) is 5.56 Å². The third-order valence-corrected chi connectivity index (χ3v) is 3.52. The molecule has 1 aromatic carbocycles. The molecular formula is C14H16F2O. The Morgan fingerprint density at radius 1 is 1.24 bits per heavy atom. The Morgan fingerprint density at radius 2 is 1.88 bits per heavy atom. The second kappa shape index (κ2) is 4.94. The monoisotopic (exact) mass is 238 g/mol. The molecule has 0 atom stereocenters. The van der Waals surface area contributed by atoms with Crippen LogP contribution in [0.4, 0.5) is 8.78 Å². The zero-order valence-corrected chi connectivity index (χ0v) is 9.93. The highest BCUT2D eigenvalue weighted by atomic mass is 19.2. The highest BCUT2D eigenvalue weighted by Gasteiger charge is 2.22. The lowest BCUT2D eigenvalue weighted by atomic mass is 9.96. The SMILES string of the molecule is Cc1ccc(C(=O)CC2CCCC2)c(F)c1F. The summed E-state index contributed by atoms with van der Waals surface area (Å²) in [7, 11) is 0. The van der Waals surface area contributed by atoms with Gasteiger partial charge in [0.15, 0.2) is 17.4 Å². The summed E-state index contributed by atoms with van der Waals surface area (Å²) in [4.78, 5) is 11.9. The van der Waals surface area contributed by atoms with E-state index in [1.54, 1.807) is 0 Å². The Labute approximate surface area is 99.8 Å². The van der Waals surface area contributed by atoms with Crippen LogP contribution < -0.4 is 0 Å². The third-order valence-electron chi connectivity index (χ3n) is 3.52. The average molecular weight is 238 g/mol. The fourth-order valence-electron chi connectivity index (χ4n) is 2.45. The van der Waals surface area contributed by atoms with Crippen LogP contribution in [0.25, 0.3) is 0 Å². The highest BCUT2D eigenvalue weighted by molar-refractivity contribution is 5.96. The number of carbonyl (C=O) groups is 1. The van der Waals surface area contributed by atoms with E-state index < -0.39 is 11.6 Å². The van der Waals surface area contributed by atoms with Gasteiger partial charge >= 0.3 is 0 Å². The Kier molecular flexibility index (Phi) is 3.55. The molecule has 17 heavy (non-hydrogen) atoms. The summed E-state index contributed by atoms with van der Waals surface area (Å²) in [5.74, 6) is -1.81. The number of rotatable bonds is 3. The summed E-state index contributed by atoms with van der Waals surface area (Å²) in [6.45, 7) is 1.49. The first-order chi connectivity index (χ1) is 8.09. The topological polar surface area (TPSA) is 17.1 Å². The molecule has 0 unspecified atom stereocenters. The lowest BCUT2D eigenvalue weighted by Crippen LogP contribution is -2.09. The minimum atomic E-state index is -0.993. The van der Waals surface area contributed by atoms with Crippen molar-refractivity contribution in [1.82, 2.24) is 0 Å². The van der Waals surface area contributed by atoms with E-state index in [4.69, 9.17) is 0 Å². The number of hydrogen-bond donors (Lipinski definition) is 0. The second-order valence-electron chi connectivity index (χ2n) is 4.84. The van der Waals surface area contributed by atoms with Crippen LogP contribution in [-0.2, 0) is 0 Å². The van der Waals surface area contributed by atoms with Crippen LogP contribution in [0.2, 0.25) is 0 Å². The van der Waals surface area contributed by atoms with Gasteiger partial charge in [0.2, 0.25) is 0 Å². The number of halogens is 2. The molecule has 0 spiro atoms. The van der Waals surface area contributed by atoms with E-state index in [-0.39, 0.29) is 16.9 Å². The Hall–Kier alpha value is -1.25. The van der Waals surface area contributed by atoms with Crippen molar-refractivity contribution >= 4 is 5.78 Å². The molecule has 0 heterocycles. The molecule has 1 aromatic rings. The molecule has 2 rings (SSSR count). The maximum absolute atomic E-state index is 13.6. The maximum atomic E-state index is 13.6. The zero-order chi connectivity index (χ0) is 12.4. The van der Waals surface area contributed by atoms with E-state index in [0.717, 1.165) is 25.7 Å². The van der Waals surface area contributed by atoms with Gasteiger partial charge in [-0.3, -0.25) is 4.79 Å². The fraction of sp³-hybridized carbons (Fsp3) is 0.500. The quantitative estimate of drug-likeness (QED) is 0.726. The minimum Gasteiger partial charge on any atom is -0.294 e. The number of Topliss-reactive ketones (excluding diaryl/α,β-unsaturated/α-hetero) is 1. The molecular weight excluding hydrogens is 222 g/mol. The van der Waals surface area contributed by atoms with E-state index in [1.165, 1.54) is 19.1 Å². The van der Waals surface area contributed by atoms with Gasteiger partial charge in [-0.2, -0.15) is 0 Å². The largest absolute Gasteiger partial charge is 0.294 e. The summed E-state index contributed by atoms with van der Waals surface area (Å²) in [5.41, 5.74) is 0.139. The minimum absolute atomic E-state index is 0.0972. The molecule has 1 aliphatic carbocycles. The smallest absolute Gasteiger partial charge is 0.169 e. The predicted molar refractivity (Wildman–Crippen MR) is 62.0 cm³/mol. The van der Waals surface area contributed by atoms with E-state index in [0.29, 0.717) is 12.3 Å². The Balaban J connectivity index is 2.16. The number of ketones is 1. The zero-order valence-electron chi connectivity index (χ0n) is 9.93. The predicted octanol–water partition coefficient (Wildman–Crippen LogP) is 4.04. The molecule has 0 saturated heterocycles. The molecule has 1 aliphatic rings. The van der Waals surface area contributed by atoms with Crippen LogP contribution >= 0.6 is 0 Å². The van der Waals surface area contributed by atoms with Crippen molar-refractivity contribution < 1.29 is 13.6 Å². The van der Waals surface area contributed by atoms with Gasteiger partial charge in [0, 0.05) is 6.42 Å². The van der Waals surface area contributed by atoms with Crippen molar-refractivity contribution in [2.45, 2.75) is 39.0 Å². The lowest BCUT2D eigenvalue weighted by molar-refractivity contribution is 0.0957. The first-order valence-electron chi connectivity index (χ1n) is 6.07. The number of carbonyl (C=O) groups excluding carboxylic acids is 1. The average Bonchev–Trinajstić information content (AvgIpc) is 2.78. The fourth-order valence-corrected chi connectivity index (χ4v) is 2.45. The Morgan fingerprint density at radius 3 is 2.53 bits per heavy atom. The first-order valence-corrected chi connectivity index (χ1v) is 6.07. The number of aryl methyl sites for hydroxylation is 1. The van der Waals surface area contributed by atoms with Crippen LogP contribution in [0, 0.1) is 24.5 Å². The standard InChI is InChI=1S/C14H16F2O/c1-9-6-7-11(14(16)13(9)15)12(17)8-10-4-2-3-5-10/h6-7,10H,2-5,8H2,1H3. The van der Waals surface area contributed by atoms with Gasteiger partial charge in [-0.15, -0.1) is 0 Å². The van der Waals surface area contributed by atoms with Gasteiger partial charge in [0.25, 0.3) is 0 Å². The van der Waals surface area contributed by atoms with Crippen LogP contribution in [0.1, 0.15) is 48.0 Å². The van der Waals surface area contributed by atoms with Crippen molar-refractivity contribution in [3.05, 3.63) is 34.9 Å². The van der Waals surface area contributed by atoms with E-state index in [1.807, 2.05) is 0 Å². The molecule has 1 saturated carbocycles. The molecule has 1 nitrogen and oxygen atoms in total. The van der Waals surface area contributed by atoms with Gasteiger partial charge in [-0.05, 0) is 24.5 Å². The second-order valence-corrected chi connectivity index (χ2v) is 4.84.